The summed E-state index contributed by atoms with van der Waals surface area (Å²) in [5.41, 5.74) is 5.00. The van der Waals surface area contributed by atoms with Gasteiger partial charge in [-0.2, -0.15) is 5.26 Å². The molecule has 0 spiro atoms. The first-order valence-corrected chi connectivity index (χ1v) is 6.15. The number of rotatable bonds is 3. The van der Waals surface area contributed by atoms with Crippen LogP contribution >= 0.6 is 0 Å². The number of aromatic nitrogens is 2. The molecule has 1 N–H and O–H groups in total. The third kappa shape index (κ3) is 3.08. The van der Waals surface area contributed by atoms with Gasteiger partial charge in [0.2, 0.25) is 0 Å². The lowest BCUT2D eigenvalue weighted by molar-refractivity contribution is 1.01. The Labute approximate surface area is 113 Å². The molecule has 4 heteroatoms. The summed E-state index contributed by atoms with van der Waals surface area (Å²) in [7, 11) is 0. The second-order valence-corrected chi connectivity index (χ2v) is 4.51. The van der Waals surface area contributed by atoms with E-state index in [2.05, 4.69) is 21.4 Å². The van der Waals surface area contributed by atoms with Crippen LogP contribution in [0.3, 0.4) is 0 Å². The van der Waals surface area contributed by atoms with E-state index in [-0.39, 0.29) is 0 Å². The number of aryl methyl sites for hydroxylation is 3. The minimum Gasteiger partial charge on any atom is -0.378 e. The molecule has 2 heterocycles. The zero-order valence-corrected chi connectivity index (χ0v) is 11.4. The minimum atomic E-state index is 0.596. The lowest BCUT2D eigenvalue weighted by atomic mass is 10.1. The van der Waals surface area contributed by atoms with Crippen LogP contribution in [0.4, 0.5) is 5.69 Å². The molecule has 2 rings (SSSR count). The first-order chi connectivity index (χ1) is 9.10. The molecular weight excluding hydrogens is 236 g/mol. The summed E-state index contributed by atoms with van der Waals surface area (Å²) in [5, 5.41) is 12.5. The summed E-state index contributed by atoms with van der Waals surface area (Å²) in [6, 6.07) is 9.99. The zero-order valence-electron chi connectivity index (χ0n) is 11.4. The Morgan fingerprint density at radius 3 is 2.63 bits per heavy atom. The molecule has 0 radical (unpaired) electrons. The quantitative estimate of drug-likeness (QED) is 0.912. The van der Waals surface area contributed by atoms with Crippen molar-refractivity contribution in [2.45, 2.75) is 27.3 Å². The first kappa shape index (κ1) is 13.0. The lowest BCUT2D eigenvalue weighted by Gasteiger charge is -2.10. The van der Waals surface area contributed by atoms with E-state index in [4.69, 9.17) is 0 Å². The molecule has 0 aliphatic heterocycles. The summed E-state index contributed by atoms with van der Waals surface area (Å²) in [6.45, 7) is 6.33. The number of nitrogens with zero attached hydrogens (tertiary/aromatic N) is 3. The van der Waals surface area contributed by atoms with Crippen LogP contribution in [-0.4, -0.2) is 9.97 Å². The molecule has 0 saturated heterocycles. The molecule has 2 aromatic rings. The van der Waals surface area contributed by atoms with Gasteiger partial charge in [0.1, 0.15) is 6.07 Å². The van der Waals surface area contributed by atoms with Crippen molar-refractivity contribution in [2.75, 3.05) is 5.32 Å². The maximum Gasteiger partial charge on any atom is 0.103 e. The molecule has 0 amide bonds. The number of nitrogens with one attached hydrogen (secondary N) is 1. The Morgan fingerprint density at radius 1 is 1.16 bits per heavy atom. The average Bonchev–Trinajstić information content (AvgIpc) is 2.36. The molecule has 4 nitrogen and oxygen atoms in total. The number of anilines is 1. The van der Waals surface area contributed by atoms with Crippen molar-refractivity contribution in [3.8, 4) is 6.07 Å². The Kier molecular flexibility index (Phi) is 3.76. The van der Waals surface area contributed by atoms with Crippen LogP contribution in [0.25, 0.3) is 0 Å². The van der Waals surface area contributed by atoms with Crippen molar-refractivity contribution < 1.29 is 0 Å². The van der Waals surface area contributed by atoms with Gasteiger partial charge in [0.15, 0.2) is 0 Å². The Hall–Kier alpha value is -2.41. The zero-order chi connectivity index (χ0) is 13.8. The fourth-order valence-electron chi connectivity index (χ4n) is 1.99. The monoisotopic (exact) mass is 252 g/mol. The standard InChI is InChI=1S/C15H16N4/c1-10-5-4-6-13(19-10)9-17-15-7-11(2)18-12(3)14(15)8-16/h4-7H,9H2,1-3H3,(H,17,18). The van der Waals surface area contributed by atoms with Gasteiger partial charge < -0.3 is 5.32 Å². The lowest BCUT2D eigenvalue weighted by Crippen LogP contribution is -2.06. The topological polar surface area (TPSA) is 61.6 Å². The van der Waals surface area contributed by atoms with E-state index in [1.54, 1.807) is 0 Å². The van der Waals surface area contributed by atoms with Gasteiger partial charge in [-0.3, -0.25) is 9.97 Å². The predicted molar refractivity (Wildman–Crippen MR) is 74.7 cm³/mol. The largest absolute Gasteiger partial charge is 0.378 e. The van der Waals surface area contributed by atoms with E-state index in [1.807, 2.05) is 45.0 Å². The van der Waals surface area contributed by atoms with Crippen LogP contribution < -0.4 is 5.32 Å². The van der Waals surface area contributed by atoms with Gasteiger partial charge in [-0.15, -0.1) is 0 Å². The van der Waals surface area contributed by atoms with E-state index < -0.39 is 0 Å². The maximum atomic E-state index is 9.19. The summed E-state index contributed by atoms with van der Waals surface area (Å²) in [4.78, 5) is 8.72. The molecule has 19 heavy (non-hydrogen) atoms. The molecule has 2 aromatic heterocycles. The Morgan fingerprint density at radius 2 is 1.95 bits per heavy atom. The van der Waals surface area contributed by atoms with Crippen LogP contribution in [-0.2, 0) is 6.54 Å². The smallest absolute Gasteiger partial charge is 0.103 e. The molecule has 96 valence electrons. The van der Waals surface area contributed by atoms with Crippen molar-refractivity contribution in [2.24, 2.45) is 0 Å². The molecule has 0 aliphatic rings. The molecular formula is C15H16N4. The molecule has 0 aliphatic carbocycles. The molecule has 0 atom stereocenters. The predicted octanol–water partition coefficient (Wildman–Crippen LogP) is 2.89. The van der Waals surface area contributed by atoms with Gasteiger partial charge >= 0.3 is 0 Å². The van der Waals surface area contributed by atoms with Crippen LogP contribution in [0.2, 0.25) is 0 Å². The van der Waals surface area contributed by atoms with Crippen molar-refractivity contribution in [3.63, 3.8) is 0 Å². The number of hydrogen-bond donors (Lipinski definition) is 1. The van der Waals surface area contributed by atoms with Crippen LogP contribution in [0.1, 0.15) is 28.3 Å². The second kappa shape index (κ2) is 5.49. The average molecular weight is 252 g/mol. The summed E-state index contributed by atoms with van der Waals surface area (Å²) in [6.07, 6.45) is 0. The highest BCUT2D eigenvalue weighted by molar-refractivity contribution is 5.59. The van der Waals surface area contributed by atoms with Gasteiger partial charge in [0, 0.05) is 11.4 Å². The highest BCUT2D eigenvalue weighted by Gasteiger charge is 2.07. The molecule has 0 unspecified atom stereocenters. The molecule has 0 bridgehead atoms. The van der Waals surface area contributed by atoms with Gasteiger partial charge in [-0.25, -0.2) is 0 Å². The van der Waals surface area contributed by atoms with E-state index in [9.17, 15) is 5.26 Å². The Bertz CT molecular complexity index is 641. The third-order valence-corrected chi connectivity index (χ3v) is 2.85. The van der Waals surface area contributed by atoms with Crippen LogP contribution in [0.5, 0.6) is 0 Å². The molecule has 0 aromatic carbocycles. The van der Waals surface area contributed by atoms with Crippen LogP contribution in [0, 0.1) is 32.1 Å². The van der Waals surface area contributed by atoms with Crippen LogP contribution in [0.15, 0.2) is 24.3 Å². The summed E-state index contributed by atoms with van der Waals surface area (Å²) < 4.78 is 0. The summed E-state index contributed by atoms with van der Waals surface area (Å²) >= 11 is 0. The third-order valence-electron chi connectivity index (χ3n) is 2.85. The first-order valence-electron chi connectivity index (χ1n) is 6.15. The summed E-state index contributed by atoms with van der Waals surface area (Å²) in [5.74, 6) is 0. The van der Waals surface area contributed by atoms with E-state index >= 15 is 0 Å². The Balaban J connectivity index is 2.22. The van der Waals surface area contributed by atoms with Crippen molar-refractivity contribution in [1.29, 1.82) is 5.26 Å². The van der Waals surface area contributed by atoms with Gasteiger partial charge in [-0.05, 0) is 39.0 Å². The molecule has 0 saturated carbocycles. The van der Waals surface area contributed by atoms with Gasteiger partial charge in [0.25, 0.3) is 0 Å². The van der Waals surface area contributed by atoms with E-state index in [0.29, 0.717) is 12.1 Å². The van der Waals surface area contributed by atoms with Crippen molar-refractivity contribution in [1.82, 2.24) is 9.97 Å². The maximum absolute atomic E-state index is 9.19. The fourth-order valence-corrected chi connectivity index (χ4v) is 1.99. The fraction of sp³-hybridized carbons (Fsp3) is 0.267. The number of nitriles is 1. The van der Waals surface area contributed by atoms with Crippen molar-refractivity contribution >= 4 is 5.69 Å². The second-order valence-electron chi connectivity index (χ2n) is 4.51. The highest BCUT2D eigenvalue weighted by atomic mass is 14.9. The highest BCUT2D eigenvalue weighted by Crippen LogP contribution is 2.19. The normalized spacial score (nSPS) is 10.0. The van der Waals surface area contributed by atoms with E-state index in [1.165, 1.54) is 0 Å². The molecule has 0 fully saturated rings. The van der Waals surface area contributed by atoms with E-state index in [0.717, 1.165) is 28.5 Å². The number of hydrogen-bond acceptors (Lipinski definition) is 4. The minimum absolute atomic E-state index is 0.596. The number of pyridine rings is 2. The van der Waals surface area contributed by atoms with Crippen molar-refractivity contribution in [3.05, 3.63) is 52.6 Å². The van der Waals surface area contributed by atoms with Gasteiger partial charge in [0.05, 0.1) is 29.2 Å². The SMILES string of the molecule is Cc1cccc(CNc2cc(C)nc(C)c2C#N)n1. The van der Waals surface area contributed by atoms with Gasteiger partial charge in [-0.1, -0.05) is 6.07 Å².